The molecule has 0 unspecified atom stereocenters. The molecule has 2 aromatic carbocycles. The van der Waals surface area contributed by atoms with Crippen molar-refractivity contribution in [2.24, 2.45) is 0 Å². The largest absolute Gasteiger partial charge is 0.573 e. The summed E-state index contributed by atoms with van der Waals surface area (Å²) < 4.78 is 40.5. The Kier molecular flexibility index (Phi) is 4.18. The fourth-order valence-corrected chi connectivity index (χ4v) is 2.30. The van der Waals surface area contributed by atoms with Gasteiger partial charge in [0.05, 0.1) is 0 Å². The molecule has 0 bridgehead atoms. The molecular formula is C17H11F3N2O3. The maximum Gasteiger partial charge on any atom is 0.573 e. The second-order valence-corrected chi connectivity index (χ2v) is 5.13. The zero-order chi connectivity index (χ0) is 18.0. The maximum absolute atomic E-state index is 12.3. The van der Waals surface area contributed by atoms with Crippen LogP contribution in [0.2, 0.25) is 0 Å². The van der Waals surface area contributed by atoms with Crippen molar-refractivity contribution in [1.82, 2.24) is 4.98 Å². The number of rotatable bonds is 3. The molecule has 8 heteroatoms. The summed E-state index contributed by atoms with van der Waals surface area (Å²) in [7, 11) is 0. The minimum atomic E-state index is -4.83. The average Bonchev–Trinajstić information content (AvgIpc) is 2.53. The minimum absolute atomic E-state index is 0.00848. The van der Waals surface area contributed by atoms with Crippen LogP contribution in [0, 0.1) is 0 Å². The normalized spacial score (nSPS) is 11.3. The number of nitrogens with one attached hydrogen (secondary N) is 2. The first kappa shape index (κ1) is 16.6. The van der Waals surface area contributed by atoms with Crippen LogP contribution in [-0.2, 0) is 0 Å². The van der Waals surface area contributed by atoms with Crippen molar-refractivity contribution in [1.29, 1.82) is 0 Å². The predicted molar refractivity (Wildman–Crippen MR) is 85.6 cm³/mol. The van der Waals surface area contributed by atoms with Crippen LogP contribution in [-0.4, -0.2) is 17.3 Å². The summed E-state index contributed by atoms with van der Waals surface area (Å²) >= 11 is 0. The highest BCUT2D eigenvalue weighted by molar-refractivity contribution is 6.04. The van der Waals surface area contributed by atoms with Crippen LogP contribution < -0.4 is 15.6 Å². The number of hydrogen-bond donors (Lipinski definition) is 2. The number of aromatic amines is 1. The molecule has 0 saturated heterocycles. The number of anilines is 1. The molecule has 1 heterocycles. The van der Waals surface area contributed by atoms with Crippen LogP contribution >= 0.6 is 0 Å². The van der Waals surface area contributed by atoms with Gasteiger partial charge in [0.2, 0.25) is 0 Å². The van der Waals surface area contributed by atoms with Gasteiger partial charge < -0.3 is 15.0 Å². The van der Waals surface area contributed by atoms with E-state index in [4.69, 9.17) is 0 Å². The first-order chi connectivity index (χ1) is 11.8. The molecule has 0 radical (unpaired) electrons. The summed E-state index contributed by atoms with van der Waals surface area (Å²) in [5, 5.41) is 3.42. The average molecular weight is 348 g/mol. The van der Waals surface area contributed by atoms with Gasteiger partial charge in [-0.15, -0.1) is 13.2 Å². The number of carbonyl (C=O) groups excluding carboxylic acids is 1. The molecular weight excluding hydrogens is 337 g/mol. The molecule has 2 N–H and O–H groups in total. The molecule has 0 fully saturated rings. The number of pyridine rings is 1. The number of halogens is 3. The molecule has 5 nitrogen and oxygen atoms in total. The Morgan fingerprint density at radius 1 is 1.04 bits per heavy atom. The lowest BCUT2D eigenvalue weighted by molar-refractivity contribution is -0.274. The Morgan fingerprint density at radius 2 is 1.80 bits per heavy atom. The van der Waals surface area contributed by atoms with E-state index in [-0.39, 0.29) is 11.4 Å². The Labute approximate surface area is 139 Å². The van der Waals surface area contributed by atoms with E-state index in [1.807, 2.05) is 0 Å². The van der Waals surface area contributed by atoms with E-state index in [2.05, 4.69) is 15.0 Å². The van der Waals surface area contributed by atoms with Crippen molar-refractivity contribution in [3.05, 3.63) is 70.6 Å². The van der Waals surface area contributed by atoms with E-state index >= 15 is 0 Å². The van der Waals surface area contributed by atoms with Crippen molar-refractivity contribution < 1.29 is 22.7 Å². The highest BCUT2D eigenvalue weighted by Crippen LogP contribution is 2.25. The molecule has 0 aliphatic heterocycles. The van der Waals surface area contributed by atoms with E-state index in [1.54, 1.807) is 24.3 Å². The monoisotopic (exact) mass is 348 g/mol. The van der Waals surface area contributed by atoms with Crippen molar-refractivity contribution in [3.63, 3.8) is 0 Å². The van der Waals surface area contributed by atoms with Crippen molar-refractivity contribution >= 4 is 22.4 Å². The lowest BCUT2D eigenvalue weighted by Crippen LogP contribution is -2.19. The van der Waals surface area contributed by atoms with Crippen LogP contribution in [0.5, 0.6) is 5.75 Å². The van der Waals surface area contributed by atoms with Crippen molar-refractivity contribution in [2.45, 2.75) is 6.36 Å². The van der Waals surface area contributed by atoms with Crippen LogP contribution in [0.3, 0.4) is 0 Å². The van der Waals surface area contributed by atoms with Crippen LogP contribution in [0.4, 0.5) is 18.9 Å². The Bertz CT molecular complexity index is 996. The number of carbonyl (C=O) groups is 1. The molecule has 0 aliphatic rings. The van der Waals surface area contributed by atoms with E-state index < -0.39 is 23.6 Å². The lowest BCUT2D eigenvalue weighted by Gasteiger charge is -2.11. The second kappa shape index (κ2) is 6.31. The summed E-state index contributed by atoms with van der Waals surface area (Å²) in [6, 6.07) is 13.1. The number of benzene rings is 2. The maximum atomic E-state index is 12.3. The van der Waals surface area contributed by atoms with Crippen LogP contribution in [0.25, 0.3) is 10.8 Å². The number of alkyl halides is 3. The molecule has 0 spiro atoms. The second-order valence-electron chi connectivity index (χ2n) is 5.13. The molecule has 1 aromatic heterocycles. The lowest BCUT2D eigenvalue weighted by atomic mass is 10.1. The fourth-order valence-electron chi connectivity index (χ4n) is 2.30. The molecule has 0 atom stereocenters. The molecule has 128 valence electrons. The fraction of sp³-hybridized carbons (Fsp3) is 0.0588. The SMILES string of the molecule is O=C(Nc1cccc(OC(F)(F)F)c1)c1cc2ccccc2c(=O)[nH]1. The summed E-state index contributed by atoms with van der Waals surface area (Å²) in [4.78, 5) is 26.7. The quantitative estimate of drug-likeness (QED) is 0.758. The number of amides is 1. The van der Waals surface area contributed by atoms with E-state index in [9.17, 15) is 22.8 Å². The third kappa shape index (κ3) is 3.97. The van der Waals surface area contributed by atoms with Crippen molar-refractivity contribution in [3.8, 4) is 5.75 Å². The number of hydrogen-bond acceptors (Lipinski definition) is 3. The van der Waals surface area contributed by atoms with E-state index in [1.165, 1.54) is 18.2 Å². The van der Waals surface area contributed by atoms with Crippen LogP contribution in [0.1, 0.15) is 10.5 Å². The summed E-state index contributed by atoms with van der Waals surface area (Å²) in [5.41, 5.74) is -0.344. The summed E-state index contributed by atoms with van der Waals surface area (Å²) in [6.07, 6.45) is -4.83. The first-order valence-electron chi connectivity index (χ1n) is 7.11. The Hall–Kier alpha value is -3.29. The summed E-state index contributed by atoms with van der Waals surface area (Å²) in [6.45, 7) is 0. The first-order valence-corrected chi connectivity index (χ1v) is 7.11. The van der Waals surface area contributed by atoms with Gasteiger partial charge in [0.15, 0.2) is 0 Å². The van der Waals surface area contributed by atoms with Gasteiger partial charge in [-0.2, -0.15) is 0 Å². The number of ether oxygens (including phenoxy) is 1. The molecule has 3 rings (SSSR count). The van der Waals surface area contributed by atoms with Gasteiger partial charge in [-0.1, -0.05) is 24.3 Å². The summed E-state index contributed by atoms with van der Waals surface area (Å²) in [5.74, 6) is -1.12. The smallest absolute Gasteiger partial charge is 0.406 e. The van der Waals surface area contributed by atoms with Crippen molar-refractivity contribution in [2.75, 3.05) is 5.32 Å². The molecule has 3 aromatic rings. The van der Waals surface area contributed by atoms with Crippen LogP contribution in [0.15, 0.2) is 59.4 Å². The zero-order valence-corrected chi connectivity index (χ0v) is 12.6. The topological polar surface area (TPSA) is 71.2 Å². The number of fused-ring (bicyclic) bond motifs is 1. The van der Waals surface area contributed by atoms with Gasteiger partial charge in [-0.05, 0) is 29.7 Å². The van der Waals surface area contributed by atoms with E-state index in [0.29, 0.717) is 10.8 Å². The third-order valence-corrected chi connectivity index (χ3v) is 3.32. The predicted octanol–water partition coefficient (Wildman–Crippen LogP) is 3.68. The third-order valence-electron chi connectivity index (χ3n) is 3.32. The van der Waals surface area contributed by atoms with Gasteiger partial charge in [0.25, 0.3) is 11.5 Å². The van der Waals surface area contributed by atoms with Gasteiger partial charge in [-0.25, -0.2) is 0 Å². The zero-order valence-electron chi connectivity index (χ0n) is 12.6. The highest BCUT2D eigenvalue weighted by Gasteiger charge is 2.31. The minimum Gasteiger partial charge on any atom is -0.406 e. The number of aromatic nitrogens is 1. The van der Waals surface area contributed by atoms with Gasteiger partial charge in [0, 0.05) is 17.1 Å². The van der Waals surface area contributed by atoms with Gasteiger partial charge in [0.1, 0.15) is 11.4 Å². The Morgan fingerprint density at radius 3 is 2.56 bits per heavy atom. The number of H-pyrrole nitrogens is 1. The molecule has 25 heavy (non-hydrogen) atoms. The standard InChI is InChI=1S/C17H11F3N2O3/c18-17(19,20)25-12-6-3-5-11(9-12)21-16(24)14-8-10-4-1-2-7-13(10)15(23)22-14/h1-9H,(H,21,24)(H,22,23). The van der Waals surface area contributed by atoms with Gasteiger partial charge in [-0.3, -0.25) is 9.59 Å². The van der Waals surface area contributed by atoms with Gasteiger partial charge >= 0.3 is 6.36 Å². The van der Waals surface area contributed by atoms with E-state index in [0.717, 1.165) is 12.1 Å². The molecule has 0 aliphatic carbocycles. The Balaban J connectivity index is 1.85. The molecule has 1 amide bonds. The molecule has 0 saturated carbocycles. The highest BCUT2D eigenvalue weighted by atomic mass is 19.4.